The van der Waals surface area contributed by atoms with E-state index in [1.54, 1.807) is 19.1 Å². The van der Waals surface area contributed by atoms with E-state index >= 15 is 0 Å². The molecule has 0 aliphatic rings. The molecule has 2 N–H and O–H groups in total. The van der Waals surface area contributed by atoms with Crippen molar-refractivity contribution >= 4 is 10.0 Å². The molecule has 0 aromatic carbocycles. The summed E-state index contributed by atoms with van der Waals surface area (Å²) >= 11 is 0. The molecule has 5 nitrogen and oxygen atoms in total. The molecule has 0 aliphatic carbocycles. The van der Waals surface area contributed by atoms with E-state index in [9.17, 15) is 13.5 Å². The number of furan rings is 1. The molecule has 1 heterocycles. The number of sulfonamides is 1. The molecule has 1 rings (SSSR count). The molecule has 86 valence electrons. The third-order valence-electron chi connectivity index (χ3n) is 1.99. The minimum Gasteiger partial charge on any atom is -0.467 e. The highest BCUT2D eigenvalue weighted by molar-refractivity contribution is 7.89. The Bertz CT molecular complexity index is 371. The van der Waals surface area contributed by atoms with Crippen LogP contribution in [0, 0.1) is 0 Å². The van der Waals surface area contributed by atoms with Crippen LogP contribution in [0.1, 0.15) is 25.2 Å². The number of nitrogens with one attached hydrogen (secondary N) is 1. The van der Waals surface area contributed by atoms with Crippen molar-refractivity contribution in [3.8, 4) is 0 Å². The number of aliphatic hydroxyl groups is 1. The fourth-order valence-electron chi connectivity index (χ4n) is 1.08. The van der Waals surface area contributed by atoms with Gasteiger partial charge >= 0.3 is 0 Å². The zero-order chi connectivity index (χ0) is 11.3. The molecule has 1 aromatic rings. The fraction of sp³-hybridized carbons (Fsp3) is 0.556. The second-order valence-electron chi connectivity index (χ2n) is 3.12. The maximum Gasteiger partial charge on any atom is 0.211 e. The summed E-state index contributed by atoms with van der Waals surface area (Å²) in [5.41, 5.74) is 0. The van der Waals surface area contributed by atoms with Gasteiger partial charge in [-0.15, -0.1) is 0 Å². The highest BCUT2D eigenvalue weighted by atomic mass is 32.2. The molecular weight excluding hydrogens is 218 g/mol. The Kier molecular flexibility index (Phi) is 4.31. The van der Waals surface area contributed by atoms with Crippen molar-refractivity contribution in [1.82, 2.24) is 4.72 Å². The van der Waals surface area contributed by atoms with Gasteiger partial charge in [-0.2, -0.15) is 0 Å². The predicted molar refractivity (Wildman–Crippen MR) is 55.7 cm³/mol. The van der Waals surface area contributed by atoms with Crippen molar-refractivity contribution in [2.45, 2.75) is 19.4 Å². The van der Waals surface area contributed by atoms with Crippen molar-refractivity contribution in [2.75, 3.05) is 12.3 Å². The van der Waals surface area contributed by atoms with E-state index < -0.39 is 16.1 Å². The van der Waals surface area contributed by atoms with Crippen LogP contribution in [0.25, 0.3) is 0 Å². The van der Waals surface area contributed by atoms with Gasteiger partial charge in [-0.1, -0.05) is 0 Å². The van der Waals surface area contributed by atoms with Crippen molar-refractivity contribution in [3.05, 3.63) is 24.2 Å². The summed E-state index contributed by atoms with van der Waals surface area (Å²) in [5.74, 6) is 0.495. The van der Waals surface area contributed by atoms with E-state index in [0.717, 1.165) is 0 Å². The first-order chi connectivity index (χ1) is 7.05. The average Bonchev–Trinajstić information content (AvgIpc) is 2.70. The maximum absolute atomic E-state index is 11.1. The highest BCUT2D eigenvalue weighted by Crippen LogP contribution is 2.15. The van der Waals surface area contributed by atoms with Crippen LogP contribution in [0.5, 0.6) is 0 Å². The number of hydrogen-bond acceptors (Lipinski definition) is 4. The fourth-order valence-corrected chi connectivity index (χ4v) is 1.71. The minimum absolute atomic E-state index is 0.0455. The molecule has 0 bridgehead atoms. The Morgan fingerprint density at radius 2 is 2.33 bits per heavy atom. The first kappa shape index (κ1) is 12.2. The van der Waals surface area contributed by atoms with E-state index in [2.05, 4.69) is 4.72 Å². The lowest BCUT2D eigenvalue weighted by molar-refractivity contribution is 0.142. The molecule has 0 saturated heterocycles. The summed E-state index contributed by atoms with van der Waals surface area (Å²) in [7, 11) is -3.18. The van der Waals surface area contributed by atoms with Crippen LogP contribution in [0.4, 0.5) is 0 Å². The Hall–Kier alpha value is -0.850. The molecule has 0 aliphatic heterocycles. The third-order valence-corrected chi connectivity index (χ3v) is 3.40. The van der Waals surface area contributed by atoms with Gasteiger partial charge in [0.2, 0.25) is 10.0 Å². The number of aliphatic hydroxyl groups excluding tert-OH is 1. The number of hydrogen-bond donors (Lipinski definition) is 2. The maximum atomic E-state index is 11.1. The van der Waals surface area contributed by atoms with Gasteiger partial charge in [0.25, 0.3) is 0 Å². The first-order valence-electron chi connectivity index (χ1n) is 4.74. The number of rotatable bonds is 6. The van der Waals surface area contributed by atoms with Crippen LogP contribution in [-0.4, -0.2) is 25.8 Å². The molecule has 0 spiro atoms. The van der Waals surface area contributed by atoms with Gasteiger partial charge in [-0.05, 0) is 25.5 Å². The SMILES string of the molecule is CCS(=O)(=O)NCCC(O)c1ccco1. The van der Waals surface area contributed by atoms with Gasteiger partial charge in [0.05, 0.1) is 12.0 Å². The van der Waals surface area contributed by atoms with E-state index in [-0.39, 0.29) is 12.3 Å². The van der Waals surface area contributed by atoms with Crippen molar-refractivity contribution < 1.29 is 17.9 Å². The molecular formula is C9H15NO4S. The summed E-state index contributed by atoms with van der Waals surface area (Å²) in [6.07, 6.45) is 1.00. The largest absolute Gasteiger partial charge is 0.467 e. The molecule has 1 unspecified atom stereocenters. The molecule has 1 aromatic heterocycles. The summed E-state index contributed by atoms with van der Waals surface area (Å²) in [4.78, 5) is 0. The summed E-state index contributed by atoms with van der Waals surface area (Å²) < 4.78 is 29.5. The molecule has 0 radical (unpaired) electrons. The van der Waals surface area contributed by atoms with Crippen LogP contribution in [0.15, 0.2) is 22.8 Å². The lowest BCUT2D eigenvalue weighted by atomic mass is 10.2. The van der Waals surface area contributed by atoms with Gasteiger partial charge in [-0.25, -0.2) is 13.1 Å². The molecule has 15 heavy (non-hydrogen) atoms. The zero-order valence-corrected chi connectivity index (χ0v) is 9.33. The van der Waals surface area contributed by atoms with E-state index in [1.165, 1.54) is 6.26 Å². The van der Waals surface area contributed by atoms with Crippen molar-refractivity contribution in [1.29, 1.82) is 0 Å². The van der Waals surface area contributed by atoms with Crippen LogP contribution in [-0.2, 0) is 10.0 Å². The molecule has 0 amide bonds. The second-order valence-corrected chi connectivity index (χ2v) is 5.21. The summed E-state index contributed by atoms with van der Waals surface area (Å²) in [5, 5.41) is 9.55. The van der Waals surface area contributed by atoms with Gasteiger partial charge < -0.3 is 9.52 Å². The van der Waals surface area contributed by atoms with Crippen LogP contribution < -0.4 is 4.72 Å². The molecule has 0 saturated carbocycles. The topological polar surface area (TPSA) is 79.5 Å². The summed E-state index contributed by atoms with van der Waals surface area (Å²) in [6, 6.07) is 3.33. The van der Waals surface area contributed by atoms with E-state index in [1.807, 2.05) is 0 Å². The Labute approximate surface area is 89.2 Å². The molecule has 0 fully saturated rings. The normalized spacial score (nSPS) is 14.0. The average molecular weight is 233 g/mol. The lowest BCUT2D eigenvalue weighted by Gasteiger charge is -2.08. The van der Waals surface area contributed by atoms with Gasteiger partial charge in [0.1, 0.15) is 11.9 Å². The third kappa shape index (κ3) is 4.03. The second kappa shape index (κ2) is 5.29. The smallest absolute Gasteiger partial charge is 0.211 e. The Morgan fingerprint density at radius 1 is 1.60 bits per heavy atom. The molecule has 6 heteroatoms. The van der Waals surface area contributed by atoms with Gasteiger partial charge in [0.15, 0.2) is 0 Å². The van der Waals surface area contributed by atoms with Crippen LogP contribution in [0.3, 0.4) is 0 Å². The monoisotopic (exact) mass is 233 g/mol. The Morgan fingerprint density at radius 3 is 2.87 bits per heavy atom. The van der Waals surface area contributed by atoms with Gasteiger partial charge in [0, 0.05) is 6.54 Å². The minimum atomic E-state index is -3.18. The first-order valence-corrected chi connectivity index (χ1v) is 6.39. The van der Waals surface area contributed by atoms with Crippen molar-refractivity contribution in [2.24, 2.45) is 0 Å². The quantitative estimate of drug-likeness (QED) is 0.755. The summed E-state index contributed by atoms with van der Waals surface area (Å²) in [6.45, 7) is 1.77. The van der Waals surface area contributed by atoms with Crippen LogP contribution in [0.2, 0.25) is 0 Å². The van der Waals surface area contributed by atoms with Crippen molar-refractivity contribution in [3.63, 3.8) is 0 Å². The van der Waals surface area contributed by atoms with Crippen LogP contribution >= 0.6 is 0 Å². The van der Waals surface area contributed by atoms with E-state index in [4.69, 9.17) is 4.42 Å². The van der Waals surface area contributed by atoms with E-state index in [0.29, 0.717) is 12.2 Å². The molecule has 1 atom stereocenters. The van der Waals surface area contributed by atoms with Gasteiger partial charge in [-0.3, -0.25) is 0 Å². The lowest BCUT2D eigenvalue weighted by Crippen LogP contribution is -2.27. The standard InChI is InChI=1S/C9H15NO4S/c1-2-15(12,13)10-6-5-8(11)9-4-3-7-14-9/h3-4,7-8,10-11H,2,5-6H2,1H3. The predicted octanol–water partition coefficient (Wildman–Crippen LogP) is 0.642. The highest BCUT2D eigenvalue weighted by Gasteiger charge is 2.12. The Balaban J connectivity index is 2.33. The zero-order valence-electron chi connectivity index (χ0n) is 8.51.